The SMILES string of the molecule is CCCCCNc1nc(N)nc2ccn(Cc3ccc(CN4CC(C5CCN(C(C)C)CC5)C4)cc3OC)c12.CCCCCNc1nc(N)nc2ccn(Cc3ccc(CN4CC5(C4)CN(C(C)C)CCO5)cc3OC)c12.CCCCCNc1nc(N)nc2ccn(Cc3ccc(CN4CCC(c5ncc6n5CCN(C(C)C)C6)CC4)cc3OC)c12. The summed E-state index contributed by atoms with van der Waals surface area (Å²) in [6.07, 6.45) is 23.7. The Hall–Kier alpha value is -9.35. The number of nitrogens with zero attached hydrogens (tertiary/aromatic N) is 17. The van der Waals surface area contributed by atoms with E-state index in [0.29, 0.717) is 61.5 Å². The molecule has 27 nitrogen and oxygen atoms in total. The van der Waals surface area contributed by atoms with Crippen LogP contribution in [0.5, 0.6) is 17.2 Å². The number of nitrogen functional groups attached to an aromatic ring is 3. The molecule has 6 aliphatic heterocycles. The van der Waals surface area contributed by atoms with Gasteiger partial charge in [-0.3, -0.25) is 24.5 Å². The van der Waals surface area contributed by atoms with Crippen LogP contribution in [0.2, 0.25) is 0 Å². The average molecular weight is 1660 g/mol. The highest BCUT2D eigenvalue weighted by atomic mass is 16.5. The number of likely N-dealkylation sites (tertiary alicyclic amines) is 4. The van der Waals surface area contributed by atoms with Crippen LogP contribution in [0.4, 0.5) is 35.3 Å². The van der Waals surface area contributed by atoms with E-state index < -0.39 is 0 Å². The van der Waals surface area contributed by atoms with Gasteiger partial charge in [0.1, 0.15) is 45.2 Å². The minimum atomic E-state index is -0.00419. The molecule has 654 valence electrons. The van der Waals surface area contributed by atoms with E-state index in [1.165, 1.54) is 106 Å². The molecule has 7 aromatic heterocycles. The van der Waals surface area contributed by atoms with Gasteiger partial charge in [0.15, 0.2) is 17.5 Å². The van der Waals surface area contributed by atoms with E-state index in [1.54, 1.807) is 21.3 Å². The lowest BCUT2D eigenvalue weighted by atomic mass is 9.79. The van der Waals surface area contributed by atoms with Gasteiger partial charge in [-0.2, -0.15) is 15.0 Å². The van der Waals surface area contributed by atoms with Gasteiger partial charge < -0.3 is 75.3 Å². The summed E-state index contributed by atoms with van der Waals surface area (Å²) in [5, 5.41) is 10.5. The van der Waals surface area contributed by atoms with Crippen LogP contribution in [0.3, 0.4) is 0 Å². The van der Waals surface area contributed by atoms with Crippen molar-refractivity contribution >= 4 is 68.4 Å². The van der Waals surface area contributed by atoms with Gasteiger partial charge in [0.2, 0.25) is 17.8 Å². The predicted octanol–water partition coefficient (Wildman–Crippen LogP) is 14.7. The van der Waals surface area contributed by atoms with Crippen molar-refractivity contribution in [1.82, 2.24) is 82.6 Å². The quantitative estimate of drug-likeness (QED) is 0.0201. The number of morpholine rings is 1. The Morgan fingerprint density at radius 2 is 0.876 bits per heavy atom. The summed E-state index contributed by atoms with van der Waals surface area (Å²) in [4.78, 5) is 47.2. The van der Waals surface area contributed by atoms with Gasteiger partial charge in [-0.05, 0) is 178 Å². The molecular weight excluding hydrogens is 1520 g/mol. The number of methoxy groups -OCH3 is 3. The van der Waals surface area contributed by atoms with Gasteiger partial charge in [0, 0.05) is 164 Å². The van der Waals surface area contributed by atoms with Crippen molar-refractivity contribution in [3.8, 4) is 17.2 Å². The second-order valence-corrected chi connectivity index (χ2v) is 35.7. The van der Waals surface area contributed by atoms with Crippen LogP contribution < -0.4 is 47.4 Å². The van der Waals surface area contributed by atoms with Crippen molar-refractivity contribution in [2.45, 2.75) is 228 Å². The lowest BCUT2D eigenvalue weighted by Crippen LogP contribution is -2.70. The van der Waals surface area contributed by atoms with Crippen molar-refractivity contribution in [1.29, 1.82) is 0 Å². The summed E-state index contributed by atoms with van der Waals surface area (Å²) in [6.45, 7) is 43.0. The molecule has 0 unspecified atom stereocenters. The van der Waals surface area contributed by atoms with Gasteiger partial charge in [0.05, 0.1) is 69.8 Å². The molecule has 16 rings (SSSR count). The van der Waals surface area contributed by atoms with E-state index in [2.05, 4.69) is 229 Å². The van der Waals surface area contributed by atoms with E-state index in [-0.39, 0.29) is 5.60 Å². The number of benzene rings is 3. The van der Waals surface area contributed by atoms with E-state index >= 15 is 0 Å². The average Bonchev–Trinajstić information content (AvgIpc) is 1.36. The summed E-state index contributed by atoms with van der Waals surface area (Å²) in [5.41, 5.74) is 32.1. The summed E-state index contributed by atoms with van der Waals surface area (Å²) >= 11 is 0. The van der Waals surface area contributed by atoms with Crippen LogP contribution in [0.25, 0.3) is 33.1 Å². The second kappa shape index (κ2) is 41.2. The Labute approximate surface area is 718 Å². The molecule has 13 heterocycles. The van der Waals surface area contributed by atoms with Crippen LogP contribution in [-0.2, 0) is 57.1 Å². The monoisotopic (exact) mass is 1650 g/mol. The predicted molar refractivity (Wildman–Crippen MR) is 490 cm³/mol. The molecule has 6 aliphatic rings. The fraction of sp³-hybridized carbons (Fsp3) is 0.585. The first-order chi connectivity index (χ1) is 58.8. The third-order valence-electron chi connectivity index (χ3n) is 26.0. The van der Waals surface area contributed by atoms with Gasteiger partial charge in [-0.15, -0.1) is 0 Å². The van der Waals surface area contributed by atoms with Crippen LogP contribution in [0.15, 0.2) is 97.6 Å². The van der Waals surface area contributed by atoms with E-state index in [9.17, 15) is 0 Å². The lowest BCUT2D eigenvalue weighted by Gasteiger charge is -2.54. The molecule has 121 heavy (non-hydrogen) atoms. The molecule has 1 spiro atoms. The number of unbranched alkanes of at least 4 members (excludes halogenated alkanes) is 6. The summed E-state index contributed by atoms with van der Waals surface area (Å²) in [6, 6.07) is 27.8. The number of anilines is 6. The fourth-order valence-electron chi connectivity index (χ4n) is 19.0. The normalized spacial score (nSPS) is 17.3. The molecule has 0 bridgehead atoms. The molecule has 0 radical (unpaired) electrons. The highest BCUT2D eigenvalue weighted by Crippen LogP contribution is 2.39. The molecule has 0 aliphatic carbocycles. The minimum absolute atomic E-state index is 0.00419. The number of hydrogen-bond acceptors (Lipinski definition) is 23. The van der Waals surface area contributed by atoms with E-state index in [4.69, 9.17) is 41.1 Å². The standard InChI is InChI=1S/C34H49N9O.C31H47N7O.C29H43N7O2/c1-5-6-7-13-36-32-31-29(38-34(35)39-32)12-16-42(31)22-27-9-8-25(19-30(27)44-4)21-40-14-10-26(11-15-40)33-37-20-28-23-41(24(2)3)17-18-43(28)33;1-5-6-7-13-33-30-29-27(34-31(32)35-30)12-16-38(29)21-25-9-8-23(17-28(25)39-4)18-36-19-26(20-36)24-10-14-37(15-11-24)22(2)3;1-5-6-7-11-31-27-26-24(32-28(30)33-27)10-12-35(26)17-23-9-8-22(15-25(23)37-4)16-34-18-29(19-34)20-36(21(2)3)13-14-38-29/h8-9,12,16,19-20,24,26H,5-7,10-11,13-15,17-18,21-23H2,1-4H3,(H3,35,36,38,39);8-9,12,16-17,22,24,26H,5-7,10-11,13-15,18-21H2,1-4H3,(H3,32,33,34,35);8-10,12,15,21H,5-7,11,13-14,16-20H2,1-4H3,(H3,30,31,32,33). The van der Waals surface area contributed by atoms with Gasteiger partial charge in [-0.25, -0.2) is 19.9 Å². The third kappa shape index (κ3) is 21.8. The maximum atomic E-state index is 6.23. The minimum Gasteiger partial charge on any atom is -0.496 e. The van der Waals surface area contributed by atoms with Crippen molar-refractivity contribution in [3.05, 3.63) is 142 Å². The Bertz CT molecular complexity index is 4980. The largest absolute Gasteiger partial charge is 0.496 e. The smallest absolute Gasteiger partial charge is 0.222 e. The molecule has 0 amide bonds. The molecule has 0 atom stereocenters. The maximum Gasteiger partial charge on any atom is 0.222 e. The van der Waals surface area contributed by atoms with Crippen LogP contribution >= 0.6 is 0 Å². The Kier molecular flexibility index (Phi) is 30.0. The third-order valence-corrected chi connectivity index (χ3v) is 26.0. The summed E-state index contributed by atoms with van der Waals surface area (Å²) in [5.74, 6) is 9.62. The molecule has 10 aromatic rings. The number of aromatic nitrogens is 11. The van der Waals surface area contributed by atoms with Crippen LogP contribution in [0, 0.1) is 11.8 Å². The zero-order chi connectivity index (χ0) is 84.7. The zero-order valence-corrected chi connectivity index (χ0v) is 74.6. The van der Waals surface area contributed by atoms with Crippen molar-refractivity contribution in [2.75, 3.05) is 153 Å². The first-order valence-corrected chi connectivity index (χ1v) is 45.4. The lowest BCUT2D eigenvalue weighted by molar-refractivity contribution is -0.189. The number of fused-ring (bicyclic) bond motifs is 4. The summed E-state index contributed by atoms with van der Waals surface area (Å²) < 4.78 is 32.9. The highest BCUT2D eigenvalue weighted by molar-refractivity contribution is 5.89. The first kappa shape index (κ1) is 88.0. The molecule has 0 saturated carbocycles. The maximum absolute atomic E-state index is 6.23. The first-order valence-electron chi connectivity index (χ1n) is 45.4. The number of rotatable bonds is 35. The summed E-state index contributed by atoms with van der Waals surface area (Å²) in [7, 11) is 5.28. The number of ether oxygens (including phenoxy) is 4. The van der Waals surface area contributed by atoms with Gasteiger partial charge >= 0.3 is 0 Å². The number of hydrogen-bond donors (Lipinski definition) is 6. The van der Waals surface area contributed by atoms with Gasteiger partial charge in [-0.1, -0.05) is 95.7 Å². The van der Waals surface area contributed by atoms with Crippen molar-refractivity contribution < 1.29 is 18.9 Å². The number of piperidine rings is 2. The van der Waals surface area contributed by atoms with E-state index in [0.717, 1.165) is 233 Å². The van der Waals surface area contributed by atoms with Crippen molar-refractivity contribution in [3.63, 3.8) is 0 Å². The van der Waals surface area contributed by atoms with E-state index in [1.807, 2.05) is 24.4 Å². The van der Waals surface area contributed by atoms with Crippen molar-refractivity contribution in [2.24, 2.45) is 11.8 Å². The number of nitrogens with one attached hydrogen (secondary N) is 3. The molecule has 9 N–H and O–H groups in total. The van der Waals surface area contributed by atoms with Gasteiger partial charge in [0.25, 0.3) is 0 Å². The Morgan fingerprint density at radius 3 is 1.30 bits per heavy atom. The fourth-order valence-corrected chi connectivity index (χ4v) is 19.0. The topological polar surface area (TPSA) is 280 Å². The zero-order valence-electron chi connectivity index (χ0n) is 74.6. The Morgan fingerprint density at radius 1 is 0.446 bits per heavy atom. The molecule has 3 aromatic carbocycles. The molecule has 5 saturated heterocycles. The Balaban J connectivity index is 0.000000149. The second-order valence-electron chi connectivity index (χ2n) is 35.7. The molecular formula is C94H139N23O4. The van der Waals surface area contributed by atoms with Crippen LogP contribution in [0.1, 0.15) is 197 Å². The highest BCUT2D eigenvalue weighted by Gasteiger charge is 2.47. The molecule has 27 heteroatoms. The molecule has 5 fully saturated rings. The number of nitrogens with two attached hydrogens (primary N) is 3. The van der Waals surface area contributed by atoms with Crippen LogP contribution in [-0.4, -0.2) is 226 Å². The number of imidazole rings is 1.